The van der Waals surface area contributed by atoms with Crippen LogP contribution in [0.3, 0.4) is 0 Å². The summed E-state index contributed by atoms with van der Waals surface area (Å²) in [7, 11) is 0. The Bertz CT molecular complexity index is 1210. The second kappa shape index (κ2) is 9.35. The first-order valence-corrected chi connectivity index (χ1v) is 12.3. The van der Waals surface area contributed by atoms with Crippen LogP contribution < -0.4 is 14.4 Å². The van der Waals surface area contributed by atoms with E-state index in [0.717, 1.165) is 67.0 Å². The van der Waals surface area contributed by atoms with Crippen molar-refractivity contribution in [3.8, 4) is 5.75 Å². The van der Waals surface area contributed by atoms with E-state index in [2.05, 4.69) is 39.4 Å². The third kappa shape index (κ3) is 4.52. The van der Waals surface area contributed by atoms with Gasteiger partial charge >= 0.3 is 0 Å². The number of hydrogen-bond acceptors (Lipinski definition) is 5. The monoisotopic (exact) mass is 447 g/mol. The van der Waals surface area contributed by atoms with Crippen molar-refractivity contribution in [1.29, 1.82) is 0 Å². The second-order valence-corrected chi connectivity index (χ2v) is 9.51. The van der Waals surface area contributed by atoms with Crippen LogP contribution in [0.2, 0.25) is 0 Å². The number of piperazine rings is 1. The summed E-state index contributed by atoms with van der Waals surface area (Å²) in [5, 5.41) is 16.6. The van der Waals surface area contributed by atoms with Gasteiger partial charge in [0.25, 0.3) is 0 Å². The summed E-state index contributed by atoms with van der Waals surface area (Å²) in [6.45, 7) is 8.09. The van der Waals surface area contributed by atoms with Crippen molar-refractivity contribution in [2.75, 3.05) is 44.2 Å². The quantitative estimate of drug-likeness (QED) is 0.228. The van der Waals surface area contributed by atoms with E-state index in [1.165, 1.54) is 15.8 Å². The third-order valence-corrected chi connectivity index (χ3v) is 7.15. The number of nitrogens with zero attached hydrogens (tertiary/aromatic N) is 3. The van der Waals surface area contributed by atoms with Gasteiger partial charge in [0, 0.05) is 52.9 Å². The van der Waals surface area contributed by atoms with E-state index in [1.54, 1.807) is 6.20 Å². The molecule has 0 bridgehead atoms. The molecule has 32 heavy (non-hydrogen) atoms. The summed E-state index contributed by atoms with van der Waals surface area (Å²) in [4.78, 5) is 5.08. The van der Waals surface area contributed by atoms with Crippen LogP contribution >= 0.6 is 11.3 Å². The van der Waals surface area contributed by atoms with Crippen LogP contribution in [-0.4, -0.2) is 44.2 Å². The highest BCUT2D eigenvalue weighted by molar-refractivity contribution is 7.17. The Kier molecular flexibility index (Phi) is 6.14. The van der Waals surface area contributed by atoms with Crippen LogP contribution in [0, 0.1) is 12.1 Å². The van der Waals surface area contributed by atoms with Crippen molar-refractivity contribution in [3.05, 3.63) is 70.9 Å². The number of rotatable bonds is 7. The number of thiophene rings is 1. The van der Waals surface area contributed by atoms with Crippen molar-refractivity contribution in [1.82, 2.24) is 4.90 Å². The molecule has 1 saturated heterocycles. The van der Waals surface area contributed by atoms with Crippen molar-refractivity contribution in [3.63, 3.8) is 0 Å². The molecular weight excluding hydrogens is 418 g/mol. The fourth-order valence-electron chi connectivity index (χ4n) is 4.56. The lowest BCUT2D eigenvalue weighted by Crippen LogP contribution is -2.46. The Morgan fingerprint density at radius 2 is 1.91 bits per heavy atom. The highest BCUT2D eigenvalue weighted by Crippen LogP contribution is 2.31. The highest BCUT2D eigenvalue weighted by Gasteiger charge is 2.18. The number of hydrogen-bond donors (Lipinski definition) is 0. The molecular formula is C26H29N3O2S. The minimum absolute atomic E-state index is 0.657. The fourth-order valence-corrected chi connectivity index (χ4v) is 5.36. The third-order valence-electron chi connectivity index (χ3n) is 6.27. The fraction of sp³-hybridized carbons (Fsp3) is 0.346. The first kappa shape index (κ1) is 21.0. The maximum absolute atomic E-state index is 12.1. The summed E-state index contributed by atoms with van der Waals surface area (Å²) in [5.41, 5.74) is 3.00. The van der Waals surface area contributed by atoms with Gasteiger partial charge in [-0.25, -0.2) is 0 Å². The first-order chi connectivity index (χ1) is 15.7. The SMILES string of the molecule is Cc1cc2ccc(OCCCCN3CCN(c4cccc5sccc45)CC3)cc2[n+]([O-])c1. The number of aromatic nitrogens is 1. The first-order valence-electron chi connectivity index (χ1n) is 11.4. The molecule has 0 spiro atoms. The van der Waals surface area contributed by atoms with Crippen LogP contribution in [0.5, 0.6) is 5.75 Å². The molecule has 0 atom stereocenters. The minimum Gasteiger partial charge on any atom is -0.618 e. The lowest BCUT2D eigenvalue weighted by molar-refractivity contribution is -0.577. The summed E-state index contributed by atoms with van der Waals surface area (Å²) in [5.74, 6) is 0.766. The zero-order chi connectivity index (χ0) is 21.9. The number of fused-ring (bicyclic) bond motifs is 2. The lowest BCUT2D eigenvalue weighted by Gasteiger charge is -2.36. The van der Waals surface area contributed by atoms with E-state index in [9.17, 15) is 5.21 Å². The summed E-state index contributed by atoms with van der Waals surface area (Å²) in [6, 6.07) is 16.7. The van der Waals surface area contributed by atoms with Gasteiger partial charge in [-0.15, -0.1) is 11.3 Å². The molecule has 2 aromatic heterocycles. The zero-order valence-corrected chi connectivity index (χ0v) is 19.3. The second-order valence-electron chi connectivity index (χ2n) is 8.56. The van der Waals surface area contributed by atoms with Gasteiger partial charge in [0.1, 0.15) is 5.75 Å². The Morgan fingerprint density at radius 3 is 2.78 bits per heavy atom. The van der Waals surface area contributed by atoms with Gasteiger partial charge in [0.05, 0.1) is 12.7 Å². The van der Waals surface area contributed by atoms with Crippen LogP contribution in [0.15, 0.2) is 60.1 Å². The van der Waals surface area contributed by atoms with Crippen molar-refractivity contribution < 1.29 is 9.47 Å². The molecule has 166 valence electrons. The predicted molar refractivity (Wildman–Crippen MR) is 133 cm³/mol. The van der Waals surface area contributed by atoms with E-state index in [0.29, 0.717) is 12.1 Å². The molecule has 6 heteroatoms. The number of anilines is 1. The molecule has 2 aromatic carbocycles. The molecule has 0 aliphatic carbocycles. The molecule has 0 amide bonds. The van der Waals surface area contributed by atoms with Gasteiger partial charge in [-0.1, -0.05) is 6.07 Å². The minimum atomic E-state index is 0.657. The van der Waals surface area contributed by atoms with Gasteiger partial charge in [0.15, 0.2) is 6.20 Å². The van der Waals surface area contributed by atoms with Gasteiger partial charge in [-0.3, -0.25) is 4.90 Å². The molecule has 0 N–H and O–H groups in total. The van der Waals surface area contributed by atoms with Gasteiger partial charge in [0.2, 0.25) is 5.52 Å². The molecule has 0 unspecified atom stereocenters. The standard InChI is InChI=1S/C26H29N3O2S/c1-20-17-21-7-8-22(18-25(21)29(30)19-20)31-15-3-2-10-27-11-13-28(14-12-27)24-5-4-6-26-23(24)9-16-32-26/h4-9,16-19H,2-3,10-15H2,1H3. The Hall–Kier alpha value is -2.83. The lowest BCUT2D eigenvalue weighted by atomic mass is 10.1. The Labute approximate surface area is 193 Å². The van der Waals surface area contributed by atoms with E-state index < -0.39 is 0 Å². The van der Waals surface area contributed by atoms with Gasteiger partial charge in [-0.05, 0) is 68.1 Å². The molecule has 0 saturated carbocycles. The molecule has 1 fully saturated rings. The average Bonchev–Trinajstić information content (AvgIpc) is 3.29. The highest BCUT2D eigenvalue weighted by atomic mass is 32.1. The normalized spacial score (nSPS) is 15.0. The number of benzene rings is 2. The number of ether oxygens (including phenoxy) is 1. The van der Waals surface area contributed by atoms with E-state index >= 15 is 0 Å². The molecule has 1 aliphatic heterocycles. The molecule has 5 nitrogen and oxygen atoms in total. The maximum Gasteiger partial charge on any atom is 0.227 e. The Morgan fingerprint density at radius 1 is 1.03 bits per heavy atom. The summed E-state index contributed by atoms with van der Waals surface area (Å²) < 4.78 is 8.22. The van der Waals surface area contributed by atoms with Crippen LogP contribution in [0.1, 0.15) is 18.4 Å². The number of unbranched alkanes of at least 4 members (excludes halogenated alkanes) is 1. The topological polar surface area (TPSA) is 42.6 Å². The molecule has 4 aromatic rings. The van der Waals surface area contributed by atoms with Crippen molar-refractivity contribution in [2.45, 2.75) is 19.8 Å². The van der Waals surface area contributed by atoms with Crippen LogP contribution in [0.4, 0.5) is 5.69 Å². The number of pyridine rings is 1. The Balaban J connectivity index is 1.06. The predicted octanol–water partition coefficient (Wildman–Crippen LogP) is 4.98. The number of aryl methyl sites for hydroxylation is 1. The van der Waals surface area contributed by atoms with Crippen molar-refractivity contribution in [2.24, 2.45) is 0 Å². The smallest absolute Gasteiger partial charge is 0.227 e. The largest absolute Gasteiger partial charge is 0.618 e. The molecule has 0 radical (unpaired) electrons. The van der Waals surface area contributed by atoms with Crippen LogP contribution in [0.25, 0.3) is 21.0 Å². The van der Waals surface area contributed by atoms with E-state index in [4.69, 9.17) is 4.74 Å². The molecule has 1 aliphatic rings. The van der Waals surface area contributed by atoms with Crippen molar-refractivity contribution >= 4 is 38.0 Å². The van der Waals surface area contributed by atoms with E-state index in [-0.39, 0.29) is 0 Å². The maximum atomic E-state index is 12.1. The summed E-state index contributed by atoms with van der Waals surface area (Å²) >= 11 is 1.82. The van der Waals surface area contributed by atoms with Crippen LogP contribution in [-0.2, 0) is 0 Å². The van der Waals surface area contributed by atoms with Gasteiger partial charge in [-0.2, -0.15) is 4.73 Å². The van der Waals surface area contributed by atoms with Gasteiger partial charge < -0.3 is 14.8 Å². The molecule has 3 heterocycles. The zero-order valence-electron chi connectivity index (χ0n) is 18.5. The average molecular weight is 448 g/mol. The summed E-state index contributed by atoms with van der Waals surface area (Å²) in [6.07, 6.45) is 3.73. The molecule has 5 rings (SSSR count). The van der Waals surface area contributed by atoms with E-state index in [1.807, 2.05) is 42.5 Å².